The SMILES string of the molecule is CC(C)(C)c1cc(C(C)(C)C)c2oc3c(N(c4ccc5c(c4)C(C)(C)c4ccccc4-5)c4cccc5oc6c7ccccc7ccc6c45)cccc3c2c1. The van der Waals surface area contributed by atoms with Gasteiger partial charge in [-0.2, -0.15) is 0 Å². The summed E-state index contributed by atoms with van der Waals surface area (Å²) in [6, 6.07) is 46.6. The number of fused-ring (bicyclic) bond motifs is 11. The Bertz CT molecular complexity index is 2990. The van der Waals surface area contributed by atoms with Gasteiger partial charge in [-0.1, -0.05) is 140 Å². The van der Waals surface area contributed by atoms with E-state index in [0.717, 1.165) is 66.3 Å². The second-order valence-electron chi connectivity index (χ2n) is 17.8. The van der Waals surface area contributed by atoms with Crippen molar-refractivity contribution in [1.29, 1.82) is 0 Å². The molecule has 0 atom stereocenters. The first-order valence-corrected chi connectivity index (χ1v) is 19.2. The zero-order valence-corrected chi connectivity index (χ0v) is 32.4. The van der Waals surface area contributed by atoms with Gasteiger partial charge >= 0.3 is 0 Å². The van der Waals surface area contributed by atoms with Gasteiger partial charge in [-0.15, -0.1) is 0 Å². The van der Waals surface area contributed by atoms with Crippen LogP contribution in [0.25, 0.3) is 65.8 Å². The van der Waals surface area contributed by atoms with E-state index in [-0.39, 0.29) is 16.2 Å². The summed E-state index contributed by atoms with van der Waals surface area (Å²) in [6.45, 7) is 18.4. The van der Waals surface area contributed by atoms with Gasteiger partial charge in [-0.25, -0.2) is 0 Å². The molecule has 266 valence electrons. The van der Waals surface area contributed by atoms with E-state index in [2.05, 4.69) is 188 Å². The van der Waals surface area contributed by atoms with E-state index in [9.17, 15) is 0 Å². The molecular formula is C51H45NO2. The summed E-state index contributed by atoms with van der Waals surface area (Å²) in [4.78, 5) is 2.41. The topological polar surface area (TPSA) is 29.5 Å². The van der Waals surface area contributed by atoms with Gasteiger partial charge in [-0.3, -0.25) is 0 Å². The zero-order valence-electron chi connectivity index (χ0n) is 32.4. The molecule has 10 rings (SSSR count). The molecular weight excluding hydrogens is 659 g/mol. The number of furan rings is 2. The van der Waals surface area contributed by atoms with Gasteiger partial charge in [0.1, 0.15) is 16.7 Å². The molecule has 2 aromatic heterocycles. The Kier molecular flexibility index (Phi) is 6.76. The lowest BCUT2D eigenvalue weighted by atomic mass is 9.79. The highest BCUT2D eigenvalue weighted by molar-refractivity contribution is 6.20. The Morgan fingerprint density at radius 1 is 0.500 bits per heavy atom. The van der Waals surface area contributed by atoms with Crippen molar-refractivity contribution in [2.75, 3.05) is 4.90 Å². The van der Waals surface area contributed by atoms with Crippen LogP contribution in [0.15, 0.2) is 136 Å². The molecule has 0 amide bonds. The maximum Gasteiger partial charge on any atom is 0.159 e. The third-order valence-corrected chi connectivity index (χ3v) is 11.9. The molecule has 7 aromatic carbocycles. The molecule has 1 aliphatic rings. The molecule has 0 fully saturated rings. The summed E-state index contributed by atoms with van der Waals surface area (Å²) < 4.78 is 14.0. The Morgan fingerprint density at radius 3 is 2.04 bits per heavy atom. The lowest BCUT2D eigenvalue weighted by molar-refractivity contribution is 0.559. The minimum absolute atomic E-state index is 0.0155. The molecule has 0 saturated heterocycles. The number of nitrogens with zero attached hydrogens (tertiary/aromatic N) is 1. The van der Waals surface area contributed by atoms with Crippen molar-refractivity contribution < 1.29 is 8.83 Å². The van der Waals surface area contributed by atoms with Gasteiger partial charge in [0.15, 0.2) is 5.58 Å². The van der Waals surface area contributed by atoms with E-state index in [1.807, 2.05) is 0 Å². The maximum absolute atomic E-state index is 7.19. The van der Waals surface area contributed by atoms with Crippen LogP contribution in [-0.4, -0.2) is 0 Å². The molecule has 0 aliphatic heterocycles. The van der Waals surface area contributed by atoms with Crippen LogP contribution >= 0.6 is 0 Å². The third kappa shape index (κ3) is 4.67. The Hall–Kier alpha value is -5.80. The van der Waals surface area contributed by atoms with E-state index in [0.29, 0.717) is 0 Å². The average molecular weight is 704 g/mol. The number of anilines is 3. The van der Waals surface area contributed by atoms with Crippen LogP contribution in [0.1, 0.15) is 77.6 Å². The van der Waals surface area contributed by atoms with E-state index < -0.39 is 0 Å². The predicted molar refractivity (Wildman–Crippen MR) is 228 cm³/mol. The standard InChI is InChI=1S/C51H45NO2/c1-49(2,3)31-27-38-36-18-13-21-43(48(36)54-47(38)41(28-31)50(4,5)6)52(32-24-26-35-34-17-11-12-19-39(34)51(7,8)40(35)29-32)42-20-14-22-44-45(42)37-25-23-30-15-9-10-16-33(30)46(37)53-44/h9-29H,1-8H3. The van der Waals surface area contributed by atoms with Crippen molar-refractivity contribution in [2.45, 2.75) is 71.6 Å². The van der Waals surface area contributed by atoms with Crippen LogP contribution < -0.4 is 4.90 Å². The quantitative estimate of drug-likeness (QED) is 0.183. The predicted octanol–water partition coefficient (Wildman–Crippen LogP) is 15.0. The highest BCUT2D eigenvalue weighted by Crippen LogP contribution is 2.53. The molecule has 0 unspecified atom stereocenters. The molecule has 0 radical (unpaired) electrons. The molecule has 0 saturated carbocycles. The summed E-state index contributed by atoms with van der Waals surface area (Å²) in [5.74, 6) is 0. The molecule has 3 heteroatoms. The molecule has 0 bridgehead atoms. The van der Waals surface area contributed by atoms with Crippen molar-refractivity contribution in [3.8, 4) is 11.1 Å². The zero-order chi connectivity index (χ0) is 37.3. The number of benzene rings is 7. The third-order valence-electron chi connectivity index (χ3n) is 11.9. The molecule has 9 aromatic rings. The lowest BCUT2D eigenvalue weighted by Gasteiger charge is -2.28. The first-order chi connectivity index (χ1) is 25.8. The fourth-order valence-electron chi connectivity index (χ4n) is 9.01. The maximum atomic E-state index is 7.19. The van der Waals surface area contributed by atoms with Crippen LogP contribution in [0.3, 0.4) is 0 Å². The summed E-state index contributed by atoms with van der Waals surface area (Å²) >= 11 is 0. The van der Waals surface area contributed by atoms with Crippen molar-refractivity contribution in [3.63, 3.8) is 0 Å². The van der Waals surface area contributed by atoms with Crippen molar-refractivity contribution in [3.05, 3.63) is 150 Å². The first kappa shape index (κ1) is 32.8. The number of rotatable bonds is 3. The molecule has 0 spiro atoms. The van der Waals surface area contributed by atoms with E-state index in [1.54, 1.807) is 0 Å². The molecule has 3 nitrogen and oxygen atoms in total. The summed E-state index contributed by atoms with van der Waals surface area (Å²) in [5, 5.41) is 6.74. The van der Waals surface area contributed by atoms with Gasteiger partial charge in [0.05, 0.1) is 16.8 Å². The first-order valence-electron chi connectivity index (χ1n) is 19.2. The van der Waals surface area contributed by atoms with Crippen molar-refractivity contribution >= 4 is 71.7 Å². The summed E-state index contributed by atoms with van der Waals surface area (Å²) in [6.07, 6.45) is 0. The molecule has 1 aliphatic carbocycles. The number of hydrogen-bond donors (Lipinski definition) is 0. The van der Waals surface area contributed by atoms with Crippen LogP contribution in [0.4, 0.5) is 17.1 Å². The van der Waals surface area contributed by atoms with E-state index >= 15 is 0 Å². The van der Waals surface area contributed by atoms with E-state index in [4.69, 9.17) is 8.83 Å². The van der Waals surface area contributed by atoms with Crippen LogP contribution in [0, 0.1) is 0 Å². The van der Waals surface area contributed by atoms with Gasteiger partial charge < -0.3 is 13.7 Å². The molecule has 54 heavy (non-hydrogen) atoms. The van der Waals surface area contributed by atoms with Gasteiger partial charge in [0, 0.05) is 38.2 Å². The normalized spacial score (nSPS) is 14.1. The van der Waals surface area contributed by atoms with Crippen LogP contribution in [0.5, 0.6) is 0 Å². The Balaban J connectivity index is 1.31. The summed E-state index contributed by atoms with van der Waals surface area (Å²) in [7, 11) is 0. The minimum atomic E-state index is -0.156. The summed E-state index contributed by atoms with van der Waals surface area (Å²) in [5.41, 5.74) is 14.3. The van der Waals surface area contributed by atoms with Gasteiger partial charge in [0.25, 0.3) is 0 Å². The Labute approximate surface area is 316 Å². The highest BCUT2D eigenvalue weighted by Gasteiger charge is 2.36. The molecule has 2 heterocycles. The number of hydrogen-bond acceptors (Lipinski definition) is 3. The Morgan fingerprint density at radius 2 is 1.22 bits per heavy atom. The lowest BCUT2D eigenvalue weighted by Crippen LogP contribution is -2.16. The largest absolute Gasteiger partial charge is 0.455 e. The second kappa shape index (κ2) is 11.1. The van der Waals surface area contributed by atoms with E-state index in [1.165, 1.54) is 38.8 Å². The van der Waals surface area contributed by atoms with Crippen molar-refractivity contribution in [1.82, 2.24) is 0 Å². The monoisotopic (exact) mass is 703 g/mol. The average Bonchev–Trinajstić information content (AvgIpc) is 3.79. The fraction of sp³-hybridized carbons (Fsp3) is 0.216. The fourth-order valence-corrected chi connectivity index (χ4v) is 9.01. The van der Waals surface area contributed by atoms with Crippen LogP contribution in [0.2, 0.25) is 0 Å². The van der Waals surface area contributed by atoms with Gasteiger partial charge in [0.2, 0.25) is 0 Å². The number of para-hydroxylation sites is 1. The van der Waals surface area contributed by atoms with Crippen molar-refractivity contribution in [2.24, 2.45) is 0 Å². The van der Waals surface area contributed by atoms with Gasteiger partial charge in [-0.05, 0) is 86.5 Å². The minimum Gasteiger partial charge on any atom is -0.455 e. The highest BCUT2D eigenvalue weighted by atomic mass is 16.3. The second-order valence-corrected chi connectivity index (χ2v) is 17.8. The smallest absolute Gasteiger partial charge is 0.159 e. The molecule has 0 N–H and O–H groups in total. The van der Waals surface area contributed by atoms with Crippen LogP contribution in [-0.2, 0) is 16.2 Å².